The first kappa shape index (κ1) is 18.4. The van der Waals surface area contributed by atoms with Gasteiger partial charge in [-0.15, -0.1) is 0 Å². The van der Waals surface area contributed by atoms with Gasteiger partial charge in [0.25, 0.3) is 0 Å². The zero-order valence-corrected chi connectivity index (χ0v) is 16.5. The zero-order chi connectivity index (χ0) is 19.0. The largest absolute Gasteiger partial charge is 0.477 e. The molecule has 0 spiro atoms. The number of rotatable bonds is 6. The molecule has 0 unspecified atom stereocenters. The summed E-state index contributed by atoms with van der Waals surface area (Å²) >= 11 is 0. The lowest BCUT2D eigenvalue weighted by Gasteiger charge is -2.31. The number of nitrogens with one attached hydrogen (secondary N) is 1. The van der Waals surface area contributed by atoms with Gasteiger partial charge >= 0.3 is 0 Å². The number of H-pyrrole nitrogens is 1. The zero-order valence-electron chi connectivity index (χ0n) is 15.7. The Morgan fingerprint density at radius 3 is 2.56 bits per heavy atom. The Balaban J connectivity index is 1.33. The quantitative estimate of drug-likeness (QED) is 0.810. The Bertz CT molecular complexity index is 895. The molecule has 2 aromatic heterocycles. The summed E-state index contributed by atoms with van der Waals surface area (Å²) in [4.78, 5) is 8.80. The topological polar surface area (TPSA) is 101 Å². The molecule has 9 heteroatoms. The Morgan fingerprint density at radius 2 is 1.93 bits per heavy atom. The van der Waals surface area contributed by atoms with Gasteiger partial charge in [0.15, 0.2) is 0 Å². The van der Waals surface area contributed by atoms with E-state index in [0.717, 1.165) is 18.5 Å². The lowest BCUT2D eigenvalue weighted by atomic mass is 9.99. The SMILES string of the molecule is Cc1n[nH]c(C)c1S(=O)(=O)N1CCC(COc2cc(C3CC3)ncn2)CC1. The molecule has 0 aromatic carbocycles. The molecule has 146 valence electrons. The molecule has 0 radical (unpaired) electrons. The maximum absolute atomic E-state index is 12.9. The molecule has 0 atom stereocenters. The van der Waals surface area contributed by atoms with E-state index < -0.39 is 10.0 Å². The molecular formula is C18H25N5O3S. The van der Waals surface area contributed by atoms with Crippen LogP contribution in [0, 0.1) is 19.8 Å². The van der Waals surface area contributed by atoms with Crippen LogP contribution in [0.25, 0.3) is 0 Å². The van der Waals surface area contributed by atoms with E-state index in [9.17, 15) is 8.42 Å². The molecule has 1 N–H and O–H groups in total. The Labute approximate surface area is 159 Å². The minimum atomic E-state index is -3.50. The molecule has 0 bridgehead atoms. The van der Waals surface area contributed by atoms with Crippen LogP contribution in [0.4, 0.5) is 0 Å². The van der Waals surface area contributed by atoms with Gasteiger partial charge in [0, 0.05) is 25.1 Å². The summed E-state index contributed by atoms with van der Waals surface area (Å²) in [5, 5.41) is 6.77. The van der Waals surface area contributed by atoms with E-state index in [4.69, 9.17) is 4.74 Å². The second-order valence-corrected chi connectivity index (χ2v) is 9.35. The van der Waals surface area contributed by atoms with Crippen molar-refractivity contribution in [1.29, 1.82) is 0 Å². The average Bonchev–Trinajstić information content (AvgIpc) is 3.45. The average molecular weight is 391 g/mol. The van der Waals surface area contributed by atoms with Crippen molar-refractivity contribution >= 4 is 10.0 Å². The van der Waals surface area contributed by atoms with Crippen LogP contribution in [0.5, 0.6) is 5.88 Å². The summed E-state index contributed by atoms with van der Waals surface area (Å²) in [7, 11) is -3.50. The van der Waals surface area contributed by atoms with Crippen molar-refractivity contribution in [2.45, 2.75) is 50.3 Å². The first-order valence-corrected chi connectivity index (χ1v) is 10.9. The highest BCUT2D eigenvalue weighted by molar-refractivity contribution is 7.89. The van der Waals surface area contributed by atoms with Crippen molar-refractivity contribution in [3.63, 3.8) is 0 Å². The second-order valence-electron chi connectivity index (χ2n) is 7.48. The lowest BCUT2D eigenvalue weighted by molar-refractivity contribution is 0.180. The number of hydrogen-bond acceptors (Lipinski definition) is 6. The minimum absolute atomic E-state index is 0.311. The number of aromatic nitrogens is 4. The maximum atomic E-state index is 12.9. The third-order valence-corrected chi connectivity index (χ3v) is 7.52. The Kier molecular flexibility index (Phi) is 4.90. The molecule has 8 nitrogen and oxygen atoms in total. The fourth-order valence-corrected chi connectivity index (χ4v) is 5.41. The molecule has 1 aliphatic heterocycles. The van der Waals surface area contributed by atoms with E-state index in [1.165, 1.54) is 12.8 Å². The Morgan fingerprint density at radius 1 is 1.19 bits per heavy atom. The fourth-order valence-electron chi connectivity index (χ4n) is 3.60. The summed E-state index contributed by atoms with van der Waals surface area (Å²) in [6, 6.07) is 1.93. The van der Waals surface area contributed by atoms with Crippen molar-refractivity contribution in [3.8, 4) is 5.88 Å². The molecule has 27 heavy (non-hydrogen) atoms. The number of aromatic amines is 1. The monoisotopic (exact) mass is 391 g/mol. The van der Waals surface area contributed by atoms with Crippen LogP contribution in [0.2, 0.25) is 0 Å². The summed E-state index contributed by atoms with van der Waals surface area (Å²) in [5.41, 5.74) is 2.17. The van der Waals surface area contributed by atoms with Crippen molar-refractivity contribution in [3.05, 3.63) is 29.5 Å². The van der Waals surface area contributed by atoms with Gasteiger partial charge in [0.2, 0.25) is 15.9 Å². The first-order valence-electron chi connectivity index (χ1n) is 9.41. The third-order valence-electron chi connectivity index (χ3n) is 5.36. The summed E-state index contributed by atoms with van der Waals surface area (Å²) in [6.45, 7) is 5.01. The van der Waals surface area contributed by atoms with Crippen LogP contribution in [0.3, 0.4) is 0 Å². The van der Waals surface area contributed by atoms with Gasteiger partial charge < -0.3 is 4.74 Å². The van der Waals surface area contributed by atoms with Crippen LogP contribution in [-0.2, 0) is 10.0 Å². The molecule has 0 amide bonds. The molecule has 2 aliphatic rings. The summed E-state index contributed by atoms with van der Waals surface area (Å²) < 4.78 is 33.2. The van der Waals surface area contributed by atoms with Crippen LogP contribution in [0.15, 0.2) is 17.3 Å². The van der Waals surface area contributed by atoms with Gasteiger partial charge in [-0.2, -0.15) is 9.40 Å². The highest BCUT2D eigenvalue weighted by Crippen LogP contribution is 2.39. The standard InChI is InChI=1S/C18H25N5O3S/c1-12-18(13(2)22-21-12)27(24,25)23-7-5-14(6-8-23)10-26-17-9-16(15-3-4-15)19-11-20-17/h9,11,14-15H,3-8,10H2,1-2H3,(H,21,22). The Hall–Kier alpha value is -2.00. The van der Waals surface area contributed by atoms with Gasteiger partial charge in [-0.05, 0) is 45.4 Å². The smallest absolute Gasteiger partial charge is 0.246 e. The highest BCUT2D eigenvalue weighted by Gasteiger charge is 2.33. The van der Waals surface area contributed by atoms with E-state index in [0.29, 0.717) is 53.7 Å². The molecule has 2 fully saturated rings. The van der Waals surface area contributed by atoms with Gasteiger partial charge in [0.1, 0.15) is 11.2 Å². The van der Waals surface area contributed by atoms with Crippen molar-refractivity contribution in [2.24, 2.45) is 5.92 Å². The van der Waals surface area contributed by atoms with Gasteiger partial charge in [-0.1, -0.05) is 0 Å². The van der Waals surface area contributed by atoms with E-state index in [2.05, 4.69) is 20.2 Å². The van der Waals surface area contributed by atoms with E-state index in [1.807, 2.05) is 6.07 Å². The number of hydrogen-bond donors (Lipinski definition) is 1. The van der Waals surface area contributed by atoms with Gasteiger partial charge in [-0.3, -0.25) is 5.10 Å². The summed E-state index contributed by atoms with van der Waals surface area (Å²) in [5.74, 6) is 1.51. The van der Waals surface area contributed by atoms with Crippen LogP contribution >= 0.6 is 0 Å². The molecular weight excluding hydrogens is 366 g/mol. The van der Waals surface area contributed by atoms with Gasteiger partial charge in [-0.25, -0.2) is 18.4 Å². The number of piperidine rings is 1. The third kappa shape index (κ3) is 3.84. The normalized spacial score (nSPS) is 19.3. The van der Waals surface area contributed by atoms with Crippen LogP contribution in [-0.4, -0.2) is 52.6 Å². The molecule has 1 saturated carbocycles. The molecule has 2 aromatic rings. The van der Waals surface area contributed by atoms with E-state index in [1.54, 1.807) is 24.5 Å². The minimum Gasteiger partial charge on any atom is -0.477 e. The lowest BCUT2D eigenvalue weighted by Crippen LogP contribution is -2.40. The predicted octanol–water partition coefficient (Wildman–Crippen LogP) is 2.17. The van der Waals surface area contributed by atoms with E-state index >= 15 is 0 Å². The predicted molar refractivity (Wildman–Crippen MR) is 99.0 cm³/mol. The van der Waals surface area contributed by atoms with Gasteiger partial charge in [0.05, 0.1) is 23.7 Å². The summed E-state index contributed by atoms with van der Waals surface area (Å²) in [6.07, 6.45) is 5.50. The maximum Gasteiger partial charge on any atom is 0.246 e. The molecule has 1 aliphatic carbocycles. The number of ether oxygens (including phenoxy) is 1. The molecule has 1 saturated heterocycles. The molecule has 4 rings (SSSR count). The number of sulfonamides is 1. The van der Waals surface area contributed by atoms with Crippen LogP contribution in [0.1, 0.15) is 48.7 Å². The van der Waals surface area contributed by atoms with Crippen molar-refractivity contribution in [1.82, 2.24) is 24.5 Å². The van der Waals surface area contributed by atoms with E-state index in [-0.39, 0.29) is 0 Å². The van der Waals surface area contributed by atoms with Crippen molar-refractivity contribution < 1.29 is 13.2 Å². The number of aryl methyl sites for hydroxylation is 2. The fraction of sp³-hybridized carbons (Fsp3) is 0.611. The second kappa shape index (κ2) is 7.20. The van der Waals surface area contributed by atoms with Crippen LogP contribution < -0.4 is 4.74 Å². The highest BCUT2D eigenvalue weighted by atomic mass is 32.2. The van der Waals surface area contributed by atoms with Crippen molar-refractivity contribution in [2.75, 3.05) is 19.7 Å². The number of nitrogens with zero attached hydrogens (tertiary/aromatic N) is 4. The first-order chi connectivity index (χ1) is 12.9. The molecule has 3 heterocycles.